The first-order chi connectivity index (χ1) is 8.66. The maximum Gasteiger partial charge on any atom is 0.0410 e. The minimum absolute atomic E-state index is 0.807. The van der Waals surface area contributed by atoms with Crippen molar-refractivity contribution in [2.24, 2.45) is 11.8 Å². The Morgan fingerprint density at radius 2 is 2.11 bits per heavy atom. The van der Waals surface area contributed by atoms with Gasteiger partial charge < -0.3 is 5.32 Å². The largest absolute Gasteiger partial charge is 0.312 e. The van der Waals surface area contributed by atoms with Crippen molar-refractivity contribution in [1.82, 2.24) is 5.32 Å². The van der Waals surface area contributed by atoms with Crippen molar-refractivity contribution in [2.45, 2.75) is 39.2 Å². The van der Waals surface area contributed by atoms with Gasteiger partial charge in [0.15, 0.2) is 0 Å². The highest BCUT2D eigenvalue weighted by atomic mass is 79.9. The Balaban J connectivity index is 1.82. The summed E-state index contributed by atoms with van der Waals surface area (Å²) in [5, 5.41) is 4.39. The smallest absolute Gasteiger partial charge is 0.0410 e. The maximum atomic E-state index is 6.02. The van der Waals surface area contributed by atoms with Crippen LogP contribution < -0.4 is 5.32 Å². The van der Waals surface area contributed by atoms with E-state index in [9.17, 15) is 0 Å². The second-order valence-corrected chi connectivity index (χ2v) is 6.68. The van der Waals surface area contributed by atoms with Crippen LogP contribution in [0.4, 0.5) is 0 Å². The van der Waals surface area contributed by atoms with E-state index in [2.05, 4.69) is 28.2 Å². The summed E-state index contributed by atoms with van der Waals surface area (Å²) < 4.78 is 1.14. The van der Waals surface area contributed by atoms with Crippen LogP contribution in [-0.4, -0.2) is 6.54 Å². The molecule has 0 saturated heterocycles. The zero-order chi connectivity index (χ0) is 13.0. The molecule has 0 spiro atoms. The van der Waals surface area contributed by atoms with Gasteiger partial charge in [-0.15, -0.1) is 0 Å². The van der Waals surface area contributed by atoms with Gasteiger partial charge in [-0.25, -0.2) is 0 Å². The number of hydrogen-bond donors (Lipinski definition) is 1. The molecule has 0 radical (unpaired) electrons. The molecule has 1 aliphatic carbocycles. The molecule has 0 aliphatic heterocycles. The number of rotatable bonds is 4. The van der Waals surface area contributed by atoms with E-state index in [0.29, 0.717) is 0 Å². The molecule has 2 unspecified atom stereocenters. The first-order valence-electron chi connectivity index (χ1n) is 6.81. The van der Waals surface area contributed by atoms with Crippen molar-refractivity contribution < 1.29 is 0 Å². The van der Waals surface area contributed by atoms with Crippen molar-refractivity contribution in [2.75, 3.05) is 6.54 Å². The molecule has 100 valence electrons. The van der Waals surface area contributed by atoms with E-state index in [1.807, 2.05) is 18.2 Å². The van der Waals surface area contributed by atoms with Crippen LogP contribution in [0.25, 0.3) is 0 Å². The highest BCUT2D eigenvalue weighted by Gasteiger charge is 2.20. The van der Waals surface area contributed by atoms with Gasteiger partial charge in [-0.1, -0.05) is 53.7 Å². The fraction of sp³-hybridized carbons (Fsp3) is 0.600. The van der Waals surface area contributed by atoms with Crippen LogP contribution in [0.2, 0.25) is 5.02 Å². The Morgan fingerprint density at radius 1 is 1.33 bits per heavy atom. The van der Waals surface area contributed by atoms with Gasteiger partial charge in [0.25, 0.3) is 0 Å². The van der Waals surface area contributed by atoms with Gasteiger partial charge in [-0.3, -0.25) is 0 Å². The predicted molar refractivity (Wildman–Crippen MR) is 82.0 cm³/mol. The van der Waals surface area contributed by atoms with E-state index in [4.69, 9.17) is 11.6 Å². The summed E-state index contributed by atoms with van der Waals surface area (Å²) in [6.07, 6.45) is 5.59. The Bertz CT molecular complexity index is 394. The van der Waals surface area contributed by atoms with E-state index >= 15 is 0 Å². The molecule has 0 aromatic heterocycles. The minimum Gasteiger partial charge on any atom is -0.312 e. The minimum atomic E-state index is 0.807. The predicted octanol–water partition coefficient (Wildman–Crippen LogP) is 5.02. The molecule has 1 aliphatic rings. The van der Waals surface area contributed by atoms with Crippen molar-refractivity contribution in [3.05, 3.63) is 33.3 Å². The van der Waals surface area contributed by atoms with Crippen LogP contribution in [0.3, 0.4) is 0 Å². The lowest BCUT2D eigenvalue weighted by Gasteiger charge is -2.29. The van der Waals surface area contributed by atoms with E-state index in [0.717, 1.165) is 34.4 Å². The third-order valence-electron chi connectivity index (χ3n) is 4.02. The molecule has 0 heterocycles. The summed E-state index contributed by atoms with van der Waals surface area (Å²) in [6.45, 7) is 4.41. The fourth-order valence-electron chi connectivity index (χ4n) is 2.77. The molecule has 0 amide bonds. The number of halogens is 2. The van der Waals surface area contributed by atoms with Gasteiger partial charge in [0.1, 0.15) is 0 Å². The molecule has 2 rings (SSSR count). The van der Waals surface area contributed by atoms with Crippen LogP contribution >= 0.6 is 27.5 Å². The van der Waals surface area contributed by atoms with Crippen molar-refractivity contribution in [1.29, 1.82) is 0 Å². The van der Waals surface area contributed by atoms with Gasteiger partial charge in [0, 0.05) is 16.0 Å². The molecule has 0 bridgehead atoms. The zero-order valence-electron chi connectivity index (χ0n) is 10.9. The van der Waals surface area contributed by atoms with Gasteiger partial charge in [0.2, 0.25) is 0 Å². The first kappa shape index (κ1) is 14.4. The lowest BCUT2D eigenvalue weighted by Crippen LogP contribution is -2.29. The second kappa shape index (κ2) is 6.93. The van der Waals surface area contributed by atoms with Crippen molar-refractivity contribution >= 4 is 27.5 Å². The van der Waals surface area contributed by atoms with E-state index < -0.39 is 0 Å². The number of nitrogens with one attached hydrogen (secondary N) is 1. The van der Waals surface area contributed by atoms with E-state index in [1.54, 1.807) is 0 Å². The molecule has 1 nitrogen and oxygen atoms in total. The summed E-state index contributed by atoms with van der Waals surface area (Å²) in [5.41, 5.74) is 1.24. The molecule has 1 aromatic carbocycles. The third kappa shape index (κ3) is 3.97. The Labute approximate surface area is 123 Å². The molecule has 1 N–H and O–H groups in total. The summed E-state index contributed by atoms with van der Waals surface area (Å²) in [6, 6.07) is 5.96. The SMILES string of the molecule is CC1CCCCC1CNCc1cc(Cl)ccc1Br. The quantitative estimate of drug-likeness (QED) is 0.817. The highest BCUT2D eigenvalue weighted by Crippen LogP contribution is 2.29. The Kier molecular flexibility index (Phi) is 5.53. The molecule has 1 fully saturated rings. The number of benzene rings is 1. The molecule has 1 saturated carbocycles. The third-order valence-corrected chi connectivity index (χ3v) is 5.03. The van der Waals surface area contributed by atoms with Gasteiger partial charge in [-0.2, -0.15) is 0 Å². The average molecular weight is 331 g/mol. The fourth-order valence-corrected chi connectivity index (χ4v) is 3.35. The zero-order valence-corrected chi connectivity index (χ0v) is 13.2. The van der Waals surface area contributed by atoms with E-state index in [1.165, 1.54) is 31.2 Å². The normalized spacial score (nSPS) is 24.2. The van der Waals surface area contributed by atoms with Crippen LogP contribution in [0.1, 0.15) is 38.2 Å². The average Bonchev–Trinajstić information content (AvgIpc) is 2.36. The molecule has 2 atom stereocenters. The van der Waals surface area contributed by atoms with Crippen LogP contribution in [0, 0.1) is 11.8 Å². The highest BCUT2D eigenvalue weighted by molar-refractivity contribution is 9.10. The van der Waals surface area contributed by atoms with Crippen molar-refractivity contribution in [3.8, 4) is 0 Å². The maximum absolute atomic E-state index is 6.02. The summed E-state index contributed by atoms with van der Waals surface area (Å²) >= 11 is 9.59. The van der Waals surface area contributed by atoms with Crippen LogP contribution in [-0.2, 0) is 6.54 Å². The lowest BCUT2D eigenvalue weighted by molar-refractivity contribution is 0.247. The summed E-state index contributed by atoms with van der Waals surface area (Å²) in [4.78, 5) is 0. The standard InChI is InChI=1S/C15H21BrClN/c1-11-4-2-3-5-12(11)9-18-10-13-8-14(17)6-7-15(13)16/h6-8,11-12,18H,2-5,9-10H2,1H3. The molecular formula is C15H21BrClN. The monoisotopic (exact) mass is 329 g/mol. The van der Waals surface area contributed by atoms with E-state index in [-0.39, 0.29) is 0 Å². The Morgan fingerprint density at radius 3 is 2.89 bits per heavy atom. The molecule has 1 aromatic rings. The topological polar surface area (TPSA) is 12.0 Å². The van der Waals surface area contributed by atoms with Gasteiger partial charge >= 0.3 is 0 Å². The molecule has 3 heteroatoms. The Hall–Kier alpha value is -0.0500. The van der Waals surface area contributed by atoms with Gasteiger partial charge in [-0.05, 0) is 48.6 Å². The van der Waals surface area contributed by atoms with Crippen molar-refractivity contribution in [3.63, 3.8) is 0 Å². The number of hydrogen-bond acceptors (Lipinski definition) is 1. The first-order valence-corrected chi connectivity index (χ1v) is 7.98. The summed E-state index contributed by atoms with van der Waals surface area (Å²) in [7, 11) is 0. The van der Waals surface area contributed by atoms with Gasteiger partial charge in [0.05, 0.1) is 0 Å². The molecular weight excluding hydrogens is 310 g/mol. The lowest BCUT2D eigenvalue weighted by atomic mass is 9.80. The van der Waals surface area contributed by atoms with Crippen LogP contribution in [0.5, 0.6) is 0 Å². The molecule has 18 heavy (non-hydrogen) atoms. The second-order valence-electron chi connectivity index (χ2n) is 5.39. The summed E-state index contributed by atoms with van der Waals surface area (Å²) in [5.74, 6) is 1.71. The van der Waals surface area contributed by atoms with Crippen LogP contribution in [0.15, 0.2) is 22.7 Å².